The third kappa shape index (κ3) is 3.82. The summed E-state index contributed by atoms with van der Waals surface area (Å²) in [6.45, 7) is 2.28. The third-order valence-corrected chi connectivity index (χ3v) is 3.85. The van der Waals surface area contributed by atoms with E-state index in [1.54, 1.807) is 24.3 Å². The van der Waals surface area contributed by atoms with E-state index in [4.69, 9.17) is 5.26 Å². The average molecular weight is 256 g/mol. The van der Waals surface area contributed by atoms with E-state index in [1.807, 2.05) is 0 Å². The second kappa shape index (κ2) is 6.38. The number of nitrogens with zero attached hydrogens (tertiary/aromatic N) is 1. The smallest absolute Gasteiger partial charge is 0.251 e. The van der Waals surface area contributed by atoms with Crippen LogP contribution in [0.15, 0.2) is 24.3 Å². The monoisotopic (exact) mass is 256 g/mol. The summed E-state index contributed by atoms with van der Waals surface area (Å²) >= 11 is 0. The number of hydrogen-bond donors (Lipinski definition) is 1. The van der Waals surface area contributed by atoms with E-state index in [-0.39, 0.29) is 11.9 Å². The molecule has 0 saturated heterocycles. The van der Waals surface area contributed by atoms with Crippen LogP contribution in [0.4, 0.5) is 0 Å². The van der Waals surface area contributed by atoms with Gasteiger partial charge in [-0.2, -0.15) is 5.26 Å². The predicted octanol–water partition coefficient (Wildman–Crippen LogP) is 3.26. The fourth-order valence-corrected chi connectivity index (χ4v) is 2.63. The summed E-state index contributed by atoms with van der Waals surface area (Å²) in [6.07, 6.45) is 5.75. The molecule has 3 heteroatoms. The summed E-state index contributed by atoms with van der Waals surface area (Å²) in [5, 5.41) is 11.9. The number of carbonyl (C=O) groups is 1. The van der Waals surface area contributed by atoms with Gasteiger partial charge in [0.05, 0.1) is 11.6 Å². The lowest BCUT2D eigenvalue weighted by molar-refractivity contribution is 0.0933. The molecule has 1 aromatic carbocycles. The summed E-state index contributed by atoms with van der Waals surface area (Å²) in [6, 6.07) is 9.21. The molecule has 1 fully saturated rings. The molecule has 2 unspecified atom stereocenters. The van der Waals surface area contributed by atoms with Gasteiger partial charge in [-0.15, -0.1) is 0 Å². The fraction of sp³-hybridized carbons (Fsp3) is 0.500. The maximum atomic E-state index is 12.2. The van der Waals surface area contributed by atoms with Gasteiger partial charge in [0.15, 0.2) is 0 Å². The lowest BCUT2D eigenvalue weighted by Gasteiger charge is -2.16. The van der Waals surface area contributed by atoms with Crippen LogP contribution in [-0.2, 0) is 0 Å². The molecule has 0 bridgehead atoms. The number of hydrogen-bond acceptors (Lipinski definition) is 2. The van der Waals surface area contributed by atoms with Crippen molar-refractivity contribution < 1.29 is 4.79 Å². The van der Waals surface area contributed by atoms with E-state index >= 15 is 0 Å². The van der Waals surface area contributed by atoms with Crippen molar-refractivity contribution in [2.24, 2.45) is 5.92 Å². The van der Waals surface area contributed by atoms with E-state index in [0.29, 0.717) is 11.1 Å². The number of carbonyl (C=O) groups excluding carboxylic acids is 1. The number of amides is 1. The molecule has 1 saturated carbocycles. The van der Waals surface area contributed by atoms with Crippen LogP contribution < -0.4 is 5.32 Å². The molecule has 1 aliphatic carbocycles. The minimum atomic E-state index is -0.0587. The summed E-state index contributed by atoms with van der Waals surface area (Å²) in [4.78, 5) is 12.2. The molecule has 2 rings (SSSR count). The zero-order valence-electron chi connectivity index (χ0n) is 11.4. The molecule has 0 aliphatic heterocycles. The van der Waals surface area contributed by atoms with Gasteiger partial charge in [-0.25, -0.2) is 0 Å². The minimum absolute atomic E-state index is 0.0587. The Kier molecular flexibility index (Phi) is 4.57. The highest BCUT2D eigenvalue weighted by molar-refractivity contribution is 5.94. The van der Waals surface area contributed by atoms with Gasteiger partial charge >= 0.3 is 0 Å². The van der Waals surface area contributed by atoms with Crippen LogP contribution in [0.2, 0.25) is 0 Å². The molecule has 0 spiro atoms. The van der Waals surface area contributed by atoms with Crippen LogP contribution in [0.5, 0.6) is 0 Å². The SMILES string of the molecule is CC1CCCC(NC(=O)c2cccc(C#N)c2)CC1. The van der Waals surface area contributed by atoms with Crippen molar-refractivity contribution in [1.29, 1.82) is 5.26 Å². The van der Waals surface area contributed by atoms with Crippen molar-refractivity contribution in [2.75, 3.05) is 0 Å². The van der Waals surface area contributed by atoms with Crippen molar-refractivity contribution >= 4 is 5.91 Å². The van der Waals surface area contributed by atoms with Gasteiger partial charge in [0.25, 0.3) is 5.91 Å². The molecular formula is C16H20N2O. The van der Waals surface area contributed by atoms with Gasteiger partial charge in [-0.1, -0.05) is 25.8 Å². The highest BCUT2D eigenvalue weighted by Gasteiger charge is 2.18. The first-order chi connectivity index (χ1) is 9.19. The Morgan fingerprint density at radius 2 is 2.16 bits per heavy atom. The summed E-state index contributed by atoms with van der Waals surface area (Å²) in [5.41, 5.74) is 1.11. The Bertz CT molecular complexity index is 490. The van der Waals surface area contributed by atoms with Gasteiger partial charge < -0.3 is 5.32 Å². The van der Waals surface area contributed by atoms with Crippen molar-refractivity contribution in [2.45, 2.75) is 45.1 Å². The van der Waals surface area contributed by atoms with Gasteiger partial charge in [0, 0.05) is 11.6 Å². The Balaban J connectivity index is 1.98. The Hall–Kier alpha value is -1.82. The Morgan fingerprint density at radius 3 is 2.95 bits per heavy atom. The summed E-state index contributed by atoms with van der Waals surface area (Å²) in [5.74, 6) is 0.709. The molecule has 1 N–H and O–H groups in total. The third-order valence-electron chi connectivity index (χ3n) is 3.85. The van der Waals surface area contributed by atoms with Crippen LogP contribution in [0.3, 0.4) is 0 Å². The molecule has 0 radical (unpaired) electrons. The summed E-state index contributed by atoms with van der Waals surface area (Å²) in [7, 11) is 0. The van der Waals surface area contributed by atoms with Crippen molar-refractivity contribution in [1.82, 2.24) is 5.32 Å². The van der Waals surface area contributed by atoms with Crippen LogP contribution in [0.25, 0.3) is 0 Å². The largest absolute Gasteiger partial charge is 0.349 e. The van der Waals surface area contributed by atoms with Gasteiger partial charge in [-0.05, 0) is 43.4 Å². The number of benzene rings is 1. The Morgan fingerprint density at radius 1 is 1.32 bits per heavy atom. The number of rotatable bonds is 2. The molecule has 1 amide bonds. The van der Waals surface area contributed by atoms with E-state index in [1.165, 1.54) is 19.3 Å². The number of nitrogens with one attached hydrogen (secondary N) is 1. The van der Waals surface area contributed by atoms with E-state index in [9.17, 15) is 4.79 Å². The summed E-state index contributed by atoms with van der Waals surface area (Å²) < 4.78 is 0. The van der Waals surface area contributed by atoms with Crippen molar-refractivity contribution in [3.63, 3.8) is 0 Å². The first-order valence-electron chi connectivity index (χ1n) is 7.00. The van der Waals surface area contributed by atoms with Crippen LogP contribution in [0, 0.1) is 17.2 Å². The molecule has 0 heterocycles. The van der Waals surface area contributed by atoms with Gasteiger partial charge in [0.1, 0.15) is 0 Å². The lowest BCUT2D eigenvalue weighted by Crippen LogP contribution is -2.34. The van der Waals surface area contributed by atoms with E-state index in [2.05, 4.69) is 18.3 Å². The average Bonchev–Trinajstić information content (AvgIpc) is 2.64. The Labute approximate surface area is 114 Å². The van der Waals surface area contributed by atoms with Gasteiger partial charge in [0.2, 0.25) is 0 Å². The standard InChI is InChI=1S/C16H20N2O/c1-12-4-2-7-15(9-8-12)18-16(19)14-6-3-5-13(10-14)11-17/h3,5-6,10,12,15H,2,4,7-9H2,1H3,(H,18,19). The molecule has 19 heavy (non-hydrogen) atoms. The zero-order chi connectivity index (χ0) is 13.7. The first-order valence-corrected chi connectivity index (χ1v) is 7.00. The molecule has 1 aromatic rings. The van der Waals surface area contributed by atoms with Crippen LogP contribution in [0.1, 0.15) is 54.9 Å². The number of nitriles is 1. The molecule has 1 aliphatic rings. The minimum Gasteiger partial charge on any atom is -0.349 e. The van der Waals surface area contributed by atoms with Gasteiger partial charge in [-0.3, -0.25) is 4.79 Å². The first kappa shape index (κ1) is 13.6. The molecular weight excluding hydrogens is 236 g/mol. The zero-order valence-corrected chi connectivity index (χ0v) is 11.4. The molecule has 100 valence electrons. The normalized spacial score (nSPS) is 23.2. The van der Waals surface area contributed by atoms with Crippen LogP contribution in [-0.4, -0.2) is 11.9 Å². The van der Waals surface area contributed by atoms with Crippen molar-refractivity contribution in [3.05, 3.63) is 35.4 Å². The van der Waals surface area contributed by atoms with Crippen molar-refractivity contribution in [3.8, 4) is 6.07 Å². The maximum absolute atomic E-state index is 12.2. The quantitative estimate of drug-likeness (QED) is 0.826. The highest BCUT2D eigenvalue weighted by Crippen LogP contribution is 2.22. The topological polar surface area (TPSA) is 52.9 Å². The van der Waals surface area contributed by atoms with Crippen LogP contribution >= 0.6 is 0 Å². The van der Waals surface area contributed by atoms with E-state index < -0.39 is 0 Å². The predicted molar refractivity (Wildman–Crippen MR) is 74.7 cm³/mol. The second-order valence-corrected chi connectivity index (χ2v) is 5.48. The highest BCUT2D eigenvalue weighted by atomic mass is 16.1. The second-order valence-electron chi connectivity index (χ2n) is 5.48. The fourth-order valence-electron chi connectivity index (χ4n) is 2.63. The molecule has 2 atom stereocenters. The maximum Gasteiger partial charge on any atom is 0.251 e. The molecule has 0 aromatic heterocycles. The molecule has 3 nitrogen and oxygen atoms in total. The lowest BCUT2D eigenvalue weighted by atomic mass is 10.0. The van der Waals surface area contributed by atoms with E-state index in [0.717, 1.165) is 18.8 Å².